The highest BCUT2D eigenvalue weighted by Crippen LogP contribution is 2.19. The summed E-state index contributed by atoms with van der Waals surface area (Å²) in [5, 5.41) is 0. The number of hydrogen-bond donors (Lipinski definition) is 0. The van der Waals surface area contributed by atoms with Crippen molar-refractivity contribution in [1.82, 2.24) is 4.31 Å². The van der Waals surface area contributed by atoms with Crippen LogP contribution >= 0.6 is 11.6 Å². The van der Waals surface area contributed by atoms with Gasteiger partial charge in [-0.15, -0.1) is 11.6 Å². The number of ether oxygens (including phenoxy) is 1. The Hall–Kier alpha value is -0.780. The van der Waals surface area contributed by atoms with Crippen LogP contribution in [0.2, 0.25) is 0 Å². The van der Waals surface area contributed by atoms with Gasteiger partial charge in [-0.1, -0.05) is 6.92 Å². The second kappa shape index (κ2) is 6.23. The van der Waals surface area contributed by atoms with Crippen LogP contribution in [0.15, 0.2) is 29.2 Å². The molecule has 0 heterocycles. The summed E-state index contributed by atoms with van der Waals surface area (Å²) in [6, 6.07) is 6.32. The SMILES string of the molecule is CCN(CCCl)S(=O)(=O)c1ccc(OC)cc1. The van der Waals surface area contributed by atoms with Gasteiger partial charge in [-0.25, -0.2) is 8.42 Å². The fourth-order valence-corrected chi connectivity index (χ4v) is 3.19. The van der Waals surface area contributed by atoms with Crippen LogP contribution < -0.4 is 4.74 Å². The average molecular weight is 278 g/mol. The molecule has 0 bridgehead atoms. The minimum Gasteiger partial charge on any atom is -0.497 e. The zero-order valence-corrected chi connectivity index (χ0v) is 11.5. The van der Waals surface area contributed by atoms with E-state index >= 15 is 0 Å². The number of sulfonamides is 1. The zero-order valence-electron chi connectivity index (χ0n) is 9.89. The first kappa shape index (κ1) is 14.3. The maximum Gasteiger partial charge on any atom is 0.243 e. The largest absolute Gasteiger partial charge is 0.497 e. The summed E-state index contributed by atoms with van der Waals surface area (Å²) in [6.07, 6.45) is 0. The molecule has 4 nitrogen and oxygen atoms in total. The number of halogens is 1. The predicted octanol–water partition coefficient (Wildman–Crippen LogP) is 1.94. The van der Waals surface area contributed by atoms with Gasteiger partial charge in [0.1, 0.15) is 5.75 Å². The Labute approximate surface area is 107 Å². The van der Waals surface area contributed by atoms with E-state index in [0.29, 0.717) is 18.8 Å². The van der Waals surface area contributed by atoms with Crippen molar-refractivity contribution in [2.24, 2.45) is 0 Å². The lowest BCUT2D eigenvalue weighted by Crippen LogP contribution is -2.32. The summed E-state index contributed by atoms with van der Waals surface area (Å²) in [5.41, 5.74) is 0. The molecule has 17 heavy (non-hydrogen) atoms. The van der Waals surface area contributed by atoms with Crippen LogP contribution in [0.25, 0.3) is 0 Å². The lowest BCUT2D eigenvalue weighted by molar-refractivity contribution is 0.414. The second-order valence-corrected chi connectivity index (χ2v) is 5.68. The Bertz CT molecular complexity index is 444. The van der Waals surface area contributed by atoms with Gasteiger partial charge in [0.05, 0.1) is 12.0 Å². The molecule has 0 aromatic heterocycles. The molecule has 0 N–H and O–H groups in total. The summed E-state index contributed by atoms with van der Waals surface area (Å²) in [4.78, 5) is 0.255. The summed E-state index contributed by atoms with van der Waals surface area (Å²) in [5.74, 6) is 0.910. The van der Waals surface area contributed by atoms with Crippen molar-refractivity contribution in [2.75, 3.05) is 26.1 Å². The van der Waals surface area contributed by atoms with Crippen LogP contribution in [0.1, 0.15) is 6.92 Å². The molecule has 0 saturated heterocycles. The third-order valence-electron chi connectivity index (χ3n) is 2.38. The van der Waals surface area contributed by atoms with E-state index in [1.807, 2.05) is 0 Å². The van der Waals surface area contributed by atoms with Crippen molar-refractivity contribution in [2.45, 2.75) is 11.8 Å². The Balaban J connectivity index is 3.02. The first-order valence-electron chi connectivity index (χ1n) is 5.26. The molecule has 0 atom stereocenters. The van der Waals surface area contributed by atoms with Crippen LogP contribution in [-0.4, -0.2) is 38.8 Å². The number of hydrogen-bond acceptors (Lipinski definition) is 3. The number of alkyl halides is 1. The van der Waals surface area contributed by atoms with Gasteiger partial charge in [-0.2, -0.15) is 4.31 Å². The summed E-state index contributed by atoms with van der Waals surface area (Å²) in [6.45, 7) is 2.50. The average Bonchev–Trinajstić information content (AvgIpc) is 2.35. The van der Waals surface area contributed by atoms with Crippen molar-refractivity contribution < 1.29 is 13.2 Å². The molecule has 0 radical (unpaired) electrons. The van der Waals surface area contributed by atoms with Gasteiger partial charge in [0.15, 0.2) is 0 Å². The molecule has 0 aliphatic rings. The lowest BCUT2D eigenvalue weighted by Gasteiger charge is -2.19. The molecule has 0 amide bonds. The molecular weight excluding hydrogens is 262 g/mol. The van der Waals surface area contributed by atoms with Crippen molar-refractivity contribution in [3.8, 4) is 5.75 Å². The molecule has 0 spiro atoms. The van der Waals surface area contributed by atoms with Crippen molar-refractivity contribution in [1.29, 1.82) is 0 Å². The highest BCUT2D eigenvalue weighted by Gasteiger charge is 2.22. The molecule has 0 saturated carbocycles. The maximum atomic E-state index is 12.2. The first-order valence-corrected chi connectivity index (χ1v) is 7.24. The minimum atomic E-state index is -3.44. The van der Waals surface area contributed by atoms with Gasteiger partial charge in [0.2, 0.25) is 10.0 Å². The topological polar surface area (TPSA) is 46.6 Å². The van der Waals surface area contributed by atoms with E-state index in [9.17, 15) is 8.42 Å². The molecule has 0 unspecified atom stereocenters. The lowest BCUT2D eigenvalue weighted by atomic mass is 10.3. The third-order valence-corrected chi connectivity index (χ3v) is 4.54. The molecule has 1 aromatic carbocycles. The Kier molecular flexibility index (Phi) is 5.24. The van der Waals surface area contributed by atoms with Gasteiger partial charge in [-0.05, 0) is 24.3 Å². The highest BCUT2D eigenvalue weighted by molar-refractivity contribution is 7.89. The van der Waals surface area contributed by atoms with E-state index in [1.54, 1.807) is 19.1 Å². The summed E-state index contributed by atoms with van der Waals surface area (Å²) < 4.78 is 30.7. The maximum absolute atomic E-state index is 12.2. The molecule has 6 heteroatoms. The van der Waals surface area contributed by atoms with Gasteiger partial charge in [0.25, 0.3) is 0 Å². The van der Waals surface area contributed by atoms with Gasteiger partial charge in [0, 0.05) is 19.0 Å². The standard InChI is InChI=1S/C11H16ClNO3S/c1-3-13(9-8-12)17(14,15)11-6-4-10(16-2)5-7-11/h4-7H,3,8-9H2,1-2H3. The van der Waals surface area contributed by atoms with Gasteiger partial charge >= 0.3 is 0 Å². The second-order valence-electron chi connectivity index (χ2n) is 3.36. The quantitative estimate of drug-likeness (QED) is 0.747. The summed E-state index contributed by atoms with van der Waals surface area (Å²) in [7, 11) is -1.91. The molecule has 0 fully saturated rings. The van der Waals surface area contributed by atoms with Crippen LogP contribution in [0.3, 0.4) is 0 Å². The smallest absolute Gasteiger partial charge is 0.243 e. The van der Waals surface area contributed by atoms with Crippen LogP contribution in [-0.2, 0) is 10.0 Å². The number of rotatable bonds is 6. The van der Waals surface area contributed by atoms with Crippen molar-refractivity contribution in [3.05, 3.63) is 24.3 Å². The minimum absolute atomic E-state index is 0.255. The summed E-state index contributed by atoms with van der Waals surface area (Å²) >= 11 is 5.59. The van der Waals surface area contributed by atoms with E-state index < -0.39 is 10.0 Å². The fourth-order valence-electron chi connectivity index (χ4n) is 1.44. The van der Waals surface area contributed by atoms with Gasteiger partial charge in [-0.3, -0.25) is 0 Å². The van der Waals surface area contributed by atoms with Crippen LogP contribution in [0.4, 0.5) is 0 Å². The fraction of sp³-hybridized carbons (Fsp3) is 0.455. The van der Waals surface area contributed by atoms with Crippen LogP contribution in [0.5, 0.6) is 5.75 Å². The Morgan fingerprint density at radius 3 is 2.29 bits per heavy atom. The van der Waals surface area contributed by atoms with Crippen LogP contribution in [0, 0.1) is 0 Å². The Morgan fingerprint density at radius 1 is 1.29 bits per heavy atom. The van der Waals surface area contributed by atoms with E-state index in [2.05, 4.69) is 0 Å². The van der Waals surface area contributed by atoms with Gasteiger partial charge < -0.3 is 4.74 Å². The first-order chi connectivity index (χ1) is 8.06. The van der Waals surface area contributed by atoms with E-state index in [1.165, 1.54) is 23.5 Å². The van der Waals surface area contributed by atoms with Crippen molar-refractivity contribution >= 4 is 21.6 Å². The number of methoxy groups -OCH3 is 1. The van der Waals surface area contributed by atoms with E-state index in [4.69, 9.17) is 16.3 Å². The van der Waals surface area contributed by atoms with Crippen molar-refractivity contribution in [3.63, 3.8) is 0 Å². The molecule has 96 valence electrons. The monoisotopic (exact) mass is 277 g/mol. The predicted molar refractivity (Wildman–Crippen MR) is 68.1 cm³/mol. The number of benzene rings is 1. The normalized spacial score (nSPS) is 11.8. The highest BCUT2D eigenvalue weighted by atomic mass is 35.5. The molecule has 1 aromatic rings. The Morgan fingerprint density at radius 2 is 1.88 bits per heavy atom. The molecular formula is C11H16ClNO3S. The zero-order chi connectivity index (χ0) is 12.9. The molecule has 1 rings (SSSR count). The van der Waals surface area contributed by atoms with E-state index in [0.717, 1.165) is 0 Å². The van der Waals surface area contributed by atoms with E-state index in [-0.39, 0.29) is 10.8 Å². The number of nitrogens with zero attached hydrogens (tertiary/aromatic N) is 1. The third kappa shape index (κ3) is 3.34. The molecule has 0 aliphatic carbocycles. The molecule has 0 aliphatic heterocycles.